The van der Waals surface area contributed by atoms with E-state index in [4.69, 9.17) is 14.5 Å². The van der Waals surface area contributed by atoms with Crippen molar-refractivity contribution in [2.24, 2.45) is 4.99 Å². The molecule has 0 saturated carbocycles. The Kier molecular flexibility index (Phi) is 9.68. The lowest BCUT2D eigenvalue weighted by atomic mass is 9.93. The molecule has 0 N–H and O–H groups in total. The van der Waals surface area contributed by atoms with Crippen LogP contribution in [0.4, 0.5) is 0 Å². The Labute approximate surface area is 276 Å². The fraction of sp³-hybridized carbons (Fsp3) is 0.242. The summed E-state index contributed by atoms with van der Waals surface area (Å²) in [7, 11) is 0. The monoisotopic (exact) mass is 804 g/mol. The number of esters is 1. The van der Waals surface area contributed by atoms with Crippen molar-refractivity contribution in [1.82, 2.24) is 4.57 Å². The smallest absolute Gasteiger partial charge is 0.338 e. The van der Waals surface area contributed by atoms with Gasteiger partial charge in [0.25, 0.3) is 5.56 Å². The van der Waals surface area contributed by atoms with Crippen LogP contribution < -0.4 is 19.6 Å². The number of halogens is 2. The van der Waals surface area contributed by atoms with E-state index in [1.165, 1.54) is 16.9 Å². The summed E-state index contributed by atoms with van der Waals surface area (Å²) >= 11 is 5.87. The summed E-state index contributed by atoms with van der Waals surface area (Å²) in [5.41, 5.74) is 4.76. The lowest BCUT2D eigenvalue weighted by Gasteiger charge is -2.25. The van der Waals surface area contributed by atoms with Gasteiger partial charge >= 0.3 is 5.97 Å². The van der Waals surface area contributed by atoms with Gasteiger partial charge in [0.05, 0.1) is 35.6 Å². The number of hydrogen-bond acceptors (Lipinski definition) is 6. The molecular formula is C33H30I2N2O4S. The van der Waals surface area contributed by atoms with Crippen molar-refractivity contribution >= 4 is 68.6 Å². The van der Waals surface area contributed by atoms with Crippen LogP contribution in [0.15, 0.2) is 87.8 Å². The second-order valence-corrected chi connectivity index (χ2v) is 13.5. The summed E-state index contributed by atoms with van der Waals surface area (Å²) in [6.45, 7) is 8.56. The van der Waals surface area contributed by atoms with E-state index in [1.54, 1.807) is 18.4 Å². The Morgan fingerprint density at radius 3 is 2.36 bits per heavy atom. The number of carbonyl (C=O) groups excluding carboxylic acids is 1. The van der Waals surface area contributed by atoms with Crippen molar-refractivity contribution in [3.05, 3.63) is 127 Å². The quantitative estimate of drug-likeness (QED) is 0.147. The van der Waals surface area contributed by atoms with Crippen LogP contribution in [0.1, 0.15) is 61.9 Å². The van der Waals surface area contributed by atoms with Crippen LogP contribution in [-0.4, -0.2) is 17.1 Å². The molecule has 0 amide bonds. The molecule has 2 heterocycles. The number of aromatic nitrogens is 1. The van der Waals surface area contributed by atoms with E-state index in [1.807, 2.05) is 60.7 Å². The normalized spacial score (nSPS) is 15.0. The highest BCUT2D eigenvalue weighted by Gasteiger charge is 2.33. The van der Waals surface area contributed by atoms with Gasteiger partial charge in [-0.05, 0) is 105 Å². The van der Waals surface area contributed by atoms with Crippen molar-refractivity contribution in [3.63, 3.8) is 0 Å². The lowest BCUT2D eigenvalue weighted by Crippen LogP contribution is -2.39. The molecule has 0 bridgehead atoms. The van der Waals surface area contributed by atoms with Gasteiger partial charge in [-0.1, -0.05) is 79.8 Å². The van der Waals surface area contributed by atoms with Gasteiger partial charge in [0, 0.05) is 0 Å². The summed E-state index contributed by atoms with van der Waals surface area (Å²) in [6, 6.07) is 21.5. The van der Waals surface area contributed by atoms with Crippen LogP contribution in [0.3, 0.4) is 0 Å². The zero-order chi connectivity index (χ0) is 30.0. The van der Waals surface area contributed by atoms with Gasteiger partial charge in [-0.15, -0.1) is 0 Å². The third-order valence-corrected chi connectivity index (χ3v) is 9.57. The van der Waals surface area contributed by atoms with Crippen LogP contribution in [-0.2, 0) is 16.1 Å². The van der Waals surface area contributed by atoms with E-state index in [9.17, 15) is 9.59 Å². The third-order valence-electron chi connectivity index (χ3n) is 6.98. The van der Waals surface area contributed by atoms with Crippen LogP contribution in [0.5, 0.6) is 5.75 Å². The van der Waals surface area contributed by atoms with Gasteiger partial charge in [-0.3, -0.25) is 9.36 Å². The lowest BCUT2D eigenvalue weighted by molar-refractivity contribution is -0.139. The van der Waals surface area contributed by atoms with Crippen molar-refractivity contribution in [3.8, 4) is 5.75 Å². The molecule has 1 aliphatic rings. The minimum atomic E-state index is -0.627. The maximum Gasteiger partial charge on any atom is 0.338 e. The predicted molar refractivity (Wildman–Crippen MR) is 184 cm³/mol. The van der Waals surface area contributed by atoms with Crippen LogP contribution in [0.2, 0.25) is 0 Å². The molecule has 0 spiro atoms. The first-order chi connectivity index (χ1) is 20.2. The van der Waals surface area contributed by atoms with Crippen molar-refractivity contribution in [2.45, 2.75) is 46.3 Å². The number of benzene rings is 3. The molecule has 9 heteroatoms. The molecule has 3 aromatic carbocycles. The molecule has 1 unspecified atom stereocenters. The molecule has 216 valence electrons. The predicted octanol–water partition coefficient (Wildman–Crippen LogP) is 6.71. The SMILES string of the molecule is CCOC(=O)C1=C(C)N=c2s/c(=C\c3cc(I)c(OCc4ccccc4)c(I)c3)c(=O)n2C1c1ccc(C(C)C)cc1. The number of carbonyl (C=O) groups is 1. The highest BCUT2D eigenvalue weighted by molar-refractivity contribution is 14.1. The van der Waals surface area contributed by atoms with E-state index in [-0.39, 0.29) is 12.2 Å². The molecule has 6 nitrogen and oxygen atoms in total. The molecule has 0 radical (unpaired) electrons. The number of nitrogens with zero attached hydrogens (tertiary/aromatic N) is 2. The average molecular weight is 804 g/mol. The van der Waals surface area contributed by atoms with Crippen molar-refractivity contribution < 1.29 is 14.3 Å². The number of thiazole rings is 1. The summed E-state index contributed by atoms with van der Waals surface area (Å²) in [4.78, 5) is 32.4. The summed E-state index contributed by atoms with van der Waals surface area (Å²) < 4.78 is 15.6. The van der Waals surface area contributed by atoms with Gasteiger partial charge in [0.1, 0.15) is 12.4 Å². The van der Waals surface area contributed by atoms with Crippen molar-refractivity contribution in [1.29, 1.82) is 0 Å². The largest absolute Gasteiger partial charge is 0.487 e. The number of rotatable bonds is 8. The number of fused-ring (bicyclic) bond motifs is 1. The maximum absolute atomic E-state index is 14.0. The van der Waals surface area contributed by atoms with Crippen molar-refractivity contribution in [2.75, 3.05) is 6.61 Å². The van der Waals surface area contributed by atoms with E-state index in [0.717, 1.165) is 29.6 Å². The molecule has 5 rings (SSSR count). The Morgan fingerprint density at radius 1 is 1.07 bits per heavy atom. The zero-order valence-corrected chi connectivity index (χ0v) is 28.8. The van der Waals surface area contributed by atoms with Crippen LogP contribution in [0.25, 0.3) is 6.08 Å². The minimum Gasteiger partial charge on any atom is -0.487 e. The molecule has 1 aliphatic heterocycles. The second kappa shape index (κ2) is 13.3. The molecular weight excluding hydrogens is 774 g/mol. The third kappa shape index (κ3) is 6.42. The number of ether oxygens (including phenoxy) is 2. The molecule has 4 aromatic rings. The van der Waals surface area contributed by atoms with Crippen LogP contribution in [0, 0.1) is 7.14 Å². The summed E-state index contributed by atoms with van der Waals surface area (Å²) in [5, 5.41) is 0. The Morgan fingerprint density at radius 2 is 1.74 bits per heavy atom. The van der Waals surface area contributed by atoms with E-state index in [0.29, 0.717) is 33.1 Å². The minimum absolute atomic E-state index is 0.194. The van der Waals surface area contributed by atoms with Gasteiger partial charge in [0.15, 0.2) is 4.80 Å². The Bertz CT molecular complexity index is 1820. The van der Waals surface area contributed by atoms with Gasteiger partial charge in [-0.2, -0.15) is 0 Å². The highest BCUT2D eigenvalue weighted by atomic mass is 127. The Hall–Kier alpha value is -2.77. The Balaban J connectivity index is 1.57. The number of hydrogen-bond donors (Lipinski definition) is 0. The molecule has 0 saturated heterocycles. The van der Waals surface area contributed by atoms with Crippen LogP contribution >= 0.6 is 56.5 Å². The standard InChI is InChI=1S/C33H30I2N2O4S/c1-5-40-32(39)28-20(4)36-33-37(29(28)24-13-11-23(12-14-24)19(2)3)31(38)27(42-33)17-22-15-25(34)30(26(35)16-22)41-18-21-9-7-6-8-10-21/h6-17,19,29H,5,18H2,1-4H3/b27-17-. The molecule has 1 atom stereocenters. The topological polar surface area (TPSA) is 69.9 Å². The highest BCUT2D eigenvalue weighted by Crippen LogP contribution is 2.32. The number of allylic oxidation sites excluding steroid dienone is 1. The average Bonchev–Trinajstić information content (AvgIpc) is 3.26. The molecule has 42 heavy (non-hydrogen) atoms. The zero-order valence-electron chi connectivity index (χ0n) is 23.7. The molecule has 1 aromatic heterocycles. The van der Waals surface area contributed by atoms with E-state index >= 15 is 0 Å². The molecule has 0 aliphatic carbocycles. The summed E-state index contributed by atoms with van der Waals surface area (Å²) in [6.07, 6.45) is 1.89. The fourth-order valence-corrected chi connectivity index (χ4v) is 8.03. The maximum atomic E-state index is 14.0. The van der Waals surface area contributed by atoms with Gasteiger partial charge in [-0.25, -0.2) is 9.79 Å². The van der Waals surface area contributed by atoms with E-state index < -0.39 is 12.0 Å². The first-order valence-electron chi connectivity index (χ1n) is 13.6. The van der Waals surface area contributed by atoms with Gasteiger partial charge in [0.2, 0.25) is 0 Å². The molecule has 0 fully saturated rings. The first-order valence-corrected chi connectivity index (χ1v) is 16.6. The second-order valence-electron chi connectivity index (χ2n) is 10.2. The van der Waals surface area contributed by atoms with Gasteiger partial charge < -0.3 is 9.47 Å². The fourth-order valence-electron chi connectivity index (χ4n) is 4.85. The first kappa shape index (κ1) is 30.7. The summed E-state index contributed by atoms with van der Waals surface area (Å²) in [5.74, 6) is 0.725. The van der Waals surface area contributed by atoms with E-state index in [2.05, 4.69) is 71.2 Å².